The minimum absolute atomic E-state index is 0.00264. The largest absolute Gasteiger partial charge is 0.345 e. The Kier molecular flexibility index (Phi) is 3.18. The Labute approximate surface area is 96.6 Å². The summed E-state index contributed by atoms with van der Waals surface area (Å²) in [6.07, 6.45) is 0. The summed E-state index contributed by atoms with van der Waals surface area (Å²) in [5.41, 5.74) is 0.739. The number of carbonyl (C=O) groups is 1. The van der Waals surface area contributed by atoms with E-state index in [4.69, 9.17) is 0 Å². The second-order valence-corrected chi connectivity index (χ2v) is 4.98. The minimum Gasteiger partial charge on any atom is -0.345 e. The summed E-state index contributed by atoms with van der Waals surface area (Å²) in [5.74, 6) is -0.00264. The maximum Gasteiger partial charge on any atom is 0.252 e. The number of hydrogen-bond acceptors (Lipinski definition) is 3. The van der Waals surface area contributed by atoms with Gasteiger partial charge in [-0.1, -0.05) is 6.07 Å². The summed E-state index contributed by atoms with van der Waals surface area (Å²) in [4.78, 5) is 12.9. The fourth-order valence-corrected chi connectivity index (χ4v) is 2.65. The van der Waals surface area contributed by atoms with Gasteiger partial charge < -0.3 is 5.32 Å². The molecule has 0 bridgehead atoms. The van der Waals surface area contributed by atoms with Gasteiger partial charge in [-0.2, -0.15) is 11.3 Å². The lowest BCUT2D eigenvalue weighted by Gasteiger charge is -2.10. The summed E-state index contributed by atoms with van der Waals surface area (Å²) in [6.45, 7) is 2.00. The van der Waals surface area contributed by atoms with Crippen LogP contribution in [0.25, 0.3) is 0 Å². The monoisotopic (exact) mass is 237 g/mol. The van der Waals surface area contributed by atoms with Crippen LogP contribution < -0.4 is 5.32 Å². The van der Waals surface area contributed by atoms with E-state index < -0.39 is 0 Å². The first-order valence-corrected chi connectivity index (χ1v) is 6.46. The first kappa shape index (κ1) is 10.4. The van der Waals surface area contributed by atoms with Crippen LogP contribution in [0.1, 0.15) is 28.2 Å². The quantitative estimate of drug-likeness (QED) is 0.872. The van der Waals surface area contributed by atoms with Crippen LogP contribution >= 0.6 is 22.7 Å². The molecule has 78 valence electrons. The van der Waals surface area contributed by atoms with Crippen molar-refractivity contribution in [2.24, 2.45) is 0 Å². The molecule has 2 heterocycles. The van der Waals surface area contributed by atoms with Gasteiger partial charge in [-0.05, 0) is 29.8 Å². The zero-order valence-corrected chi connectivity index (χ0v) is 9.90. The fraction of sp³-hybridized carbons (Fsp3) is 0.182. The van der Waals surface area contributed by atoms with Crippen LogP contribution in [-0.2, 0) is 0 Å². The Morgan fingerprint density at radius 2 is 2.27 bits per heavy atom. The molecule has 4 heteroatoms. The summed E-state index contributed by atoms with van der Waals surface area (Å²) in [5, 5.41) is 8.74. The molecule has 0 saturated carbocycles. The average molecular weight is 237 g/mol. The zero-order chi connectivity index (χ0) is 10.7. The molecule has 2 nitrogen and oxygen atoms in total. The number of amides is 1. The second-order valence-electron chi connectivity index (χ2n) is 3.22. The van der Waals surface area contributed by atoms with Crippen LogP contribution in [0, 0.1) is 0 Å². The van der Waals surface area contributed by atoms with Crippen molar-refractivity contribution in [3.63, 3.8) is 0 Å². The van der Waals surface area contributed by atoms with E-state index in [0.717, 1.165) is 5.56 Å². The molecule has 1 amide bonds. The normalized spacial score (nSPS) is 12.3. The standard InChI is InChI=1S/C11H11NOS2/c1-8(10-3-2-5-15-10)12-11(13)9-4-6-14-7-9/h2-8H,1H3,(H,12,13). The van der Waals surface area contributed by atoms with Crippen molar-refractivity contribution in [3.8, 4) is 0 Å². The predicted octanol–water partition coefficient (Wildman–Crippen LogP) is 3.30. The van der Waals surface area contributed by atoms with Crippen LogP contribution in [0.4, 0.5) is 0 Å². The number of carbonyl (C=O) groups excluding carboxylic acids is 1. The van der Waals surface area contributed by atoms with Crippen molar-refractivity contribution in [1.82, 2.24) is 5.32 Å². The van der Waals surface area contributed by atoms with Gasteiger partial charge in [0.1, 0.15) is 0 Å². The SMILES string of the molecule is CC(NC(=O)c1ccsc1)c1cccs1. The highest BCUT2D eigenvalue weighted by molar-refractivity contribution is 7.10. The molecule has 0 radical (unpaired) electrons. The highest BCUT2D eigenvalue weighted by Gasteiger charge is 2.11. The number of hydrogen-bond donors (Lipinski definition) is 1. The van der Waals surface area contributed by atoms with Crippen LogP contribution in [0.3, 0.4) is 0 Å². The molecule has 1 unspecified atom stereocenters. The van der Waals surface area contributed by atoms with Crippen molar-refractivity contribution >= 4 is 28.6 Å². The van der Waals surface area contributed by atoms with E-state index in [9.17, 15) is 4.79 Å². The molecule has 1 N–H and O–H groups in total. The predicted molar refractivity (Wildman–Crippen MR) is 64.5 cm³/mol. The Morgan fingerprint density at radius 1 is 1.40 bits per heavy atom. The molecule has 0 spiro atoms. The van der Waals surface area contributed by atoms with Gasteiger partial charge in [0.15, 0.2) is 0 Å². The van der Waals surface area contributed by atoms with Gasteiger partial charge in [-0.15, -0.1) is 11.3 Å². The summed E-state index contributed by atoms with van der Waals surface area (Å²) < 4.78 is 0. The molecule has 0 aliphatic carbocycles. The van der Waals surface area contributed by atoms with E-state index in [0.29, 0.717) is 0 Å². The summed E-state index contributed by atoms with van der Waals surface area (Å²) in [6, 6.07) is 5.94. The smallest absolute Gasteiger partial charge is 0.252 e. The lowest BCUT2D eigenvalue weighted by atomic mass is 10.2. The first-order chi connectivity index (χ1) is 7.27. The van der Waals surface area contributed by atoms with Gasteiger partial charge >= 0.3 is 0 Å². The van der Waals surface area contributed by atoms with Crippen molar-refractivity contribution < 1.29 is 4.79 Å². The molecule has 15 heavy (non-hydrogen) atoms. The van der Waals surface area contributed by atoms with Crippen LogP contribution in [0.2, 0.25) is 0 Å². The molecule has 2 aromatic rings. The third kappa shape index (κ3) is 2.46. The highest BCUT2D eigenvalue weighted by atomic mass is 32.1. The van der Waals surface area contributed by atoms with Crippen LogP contribution in [0.5, 0.6) is 0 Å². The van der Waals surface area contributed by atoms with Gasteiger partial charge in [-0.25, -0.2) is 0 Å². The Hall–Kier alpha value is -1.13. The van der Waals surface area contributed by atoms with E-state index >= 15 is 0 Å². The molecule has 0 fully saturated rings. The van der Waals surface area contributed by atoms with E-state index in [2.05, 4.69) is 5.32 Å². The highest BCUT2D eigenvalue weighted by Crippen LogP contribution is 2.18. The molecule has 2 aromatic heterocycles. The van der Waals surface area contributed by atoms with E-state index in [1.54, 1.807) is 11.3 Å². The molecule has 0 aromatic carbocycles. The topological polar surface area (TPSA) is 29.1 Å². The first-order valence-electron chi connectivity index (χ1n) is 4.64. The van der Waals surface area contributed by atoms with Gasteiger partial charge in [0.2, 0.25) is 0 Å². The van der Waals surface area contributed by atoms with Crippen LogP contribution in [0.15, 0.2) is 34.3 Å². The summed E-state index contributed by atoms with van der Waals surface area (Å²) >= 11 is 3.19. The second kappa shape index (κ2) is 4.59. The zero-order valence-electron chi connectivity index (χ0n) is 8.27. The van der Waals surface area contributed by atoms with Gasteiger partial charge in [0, 0.05) is 10.3 Å². The van der Waals surface area contributed by atoms with Gasteiger partial charge in [0.05, 0.1) is 11.6 Å². The molecule has 0 aliphatic rings. The van der Waals surface area contributed by atoms with Crippen molar-refractivity contribution in [2.45, 2.75) is 13.0 Å². The number of thiophene rings is 2. The van der Waals surface area contributed by atoms with Crippen molar-refractivity contribution in [1.29, 1.82) is 0 Å². The molecule has 2 rings (SSSR count). The van der Waals surface area contributed by atoms with E-state index in [-0.39, 0.29) is 11.9 Å². The van der Waals surface area contributed by atoms with Crippen LogP contribution in [-0.4, -0.2) is 5.91 Å². The number of nitrogens with one attached hydrogen (secondary N) is 1. The summed E-state index contributed by atoms with van der Waals surface area (Å²) in [7, 11) is 0. The van der Waals surface area contributed by atoms with Gasteiger partial charge in [-0.3, -0.25) is 4.79 Å². The Balaban J connectivity index is 2.01. The third-order valence-electron chi connectivity index (χ3n) is 2.10. The minimum atomic E-state index is -0.00264. The van der Waals surface area contributed by atoms with Gasteiger partial charge in [0.25, 0.3) is 5.91 Å². The van der Waals surface area contributed by atoms with Crippen molar-refractivity contribution in [2.75, 3.05) is 0 Å². The molecular formula is C11H11NOS2. The van der Waals surface area contributed by atoms with E-state index in [1.807, 2.05) is 41.3 Å². The van der Waals surface area contributed by atoms with Crippen molar-refractivity contribution in [3.05, 3.63) is 44.8 Å². The Morgan fingerprint density at radius 3 is 2.87 bits per heavy atom. The molecule has 0 aliphatic heterocycles. The molecule has 0 saturated heterocycles. The maximum atomic E-state index is 11.7. The molecular weight excluding hydrogens is 226 g/mol. The number of rotatable bonds is 3. The Bertz CT molecular complexity index is 419. The third-order valence-corrected chi connectivity index (χ3v) is 3.84. The average Bonchev–Trinajstić information content (AvgIpc) is 2.91. The lowest BCUT2D eigenvalue weighted by Crippen LogP contribution is -2.25. The maximum absolute atomic E-state index is 11.7. The fourth-order valence-electron chi connectivity index (χ4n) is 1.28. The molecule has 1 atom stereocenters. The van der Waals surface area contributed by atoms with E-state index in [1.165, 1.54) is 16.2 Å². The lowest BCUT2D eigenvalue weighted by molar-refractivity contribution is 0.0941.